The van der Waals surface area contributed by atoms with Gasteiger partial charge in [-0.2, -0.15) is 0 Å². The van der Waals surface area contributed by atoms with E-state index in [1.54, 1.807) is 0 Å². The van der Waals surface area contributed by atoms with Crippen LogP contribution in [0.5, 0.6) is 0 Å². The number of hydrogen-bond donors (Lipinski definition) is 1. The predicted molar refractivity (Wildman–Crippen MR) is 83.5 cm³/mol. The van der Waals surface area contributed by atoms with Crippen molar-refractivity contribution < 1.29 is 0 Å². The van der Waals surface area contributed by atoms with E-state index in [4.69, 9.17) is 5.73 Å². The molecule has 2 unspecified atom stereocenters. The van der Waals surface area contributed by atoms with Gasteiger partial charge in [-0.05, 0) is 43.0 Å². The zero-order chi connectivity index (χ0) is 13.5. The van der Waals surface area contributed by atoms with Gasteiger partial charge in [0, 0.05) is 10.2 Å². The Morgan fingerprint density at radius 3 is 2.84 bits per heavy atom. The van der Waals surface area contributed by atoms with Crippen LogP contribution in [-0.2, 0) is 0 Å². The van der Waals surface area contributed by atoms with Crippen molar-refractivity contribution in [3.05, 3.63) is 28.7 Å². The molecule has 2 atom stereocenters. The summed E-state index contributed by atoms with van der Waals surface area (Å²) in [5.41, 5.74) is 7.49. The second-order valence-electron chi connectivity index (χ2n) is 5.59. The fraction of sp³-hybridized carbons (Fsp3) is 0.533. The number of aliphatic imine (C=N–C) groups is 1. The molecule has 3 rings (SSSR count). The number of nitrogens with zero attached hydrogens (tertiary/aromatic N) is 2. The third kappa shape index (κ3) is 1.97. The highest BCUT2D eigenvalue weighted by Crippen LogP contribution is 2.46. The van der Waals surface area contributed by atoms with E-state index in [1.165, 1.54) is 31.4 Å². The van der Waals surface area contributed by atoms with Gasteiger partial charge in [-0.25, -0.2) is 0 Å². The van der Waals surface area contributed by atoms with E-state index < -0.39 is 0 Å². The maximum atomic E-state index is 6.18. The third-order valence-electron chi connectivity index (χ3n) is 4.69. The van der Waals surface area contributed by atoms with Gasteiger partial charge in [-0.15, -0.1) is 0 Å². The molecule has 19 heavy (non-hydrogen) atoms. The highest BCUT2D eigenvalue weighted by atomic mass is 79.9. The lowest BCUT2D eigenvalue weighted by Crippen LogP contribution is -2.54. The van der Waals surface area contributed by atoms with Crippen molar-refractivity contribution in [2.45, 2.75) is 38.1 Å². The highest BCUT2D eigenvalue weighted by Gasteiger charge is 2.50. The van der Waals surface area contributed by atoms with Crippen LogP contribution in [0.1, 0.15) is 32.6 Å². The average molecular weight is 322 g/mol. The molecule has 2 N–H and O–H groups in total. The van der Waals surface area contributed by atoms with E-state index in [-0.39, 0.29) is 5.54 Å². The summed E-state index contributed by atoms with van der Waals surface area (Å²) in [6.07, 6.45) is 4.99. The average Bonchev–Trinajstić information content (AvgIpc) is 2.96. The van der Waals surface area contributed by atoms with Gasteiger partial charge in [0.05, 0.1) is 12.1 Å². The van der Waals surface area contributed by atoms with Gasteiger partial charge >= 0.3 is 0 Å². The van der Waals surface area contributed by atoms with Gasteiger partial charge in [0.15, 0.2) is 5.96 Å². The van der Waals surface area contributed by atoms with Crippen LogP contribution >= 0.6 is 15.9 Å². The van der Waals surface area contributed by atoms with Crippen LogP contribution in [0, 0.1) is 5.92 Å². The number of hydrogen-bond acceptors (Lipinski definition) is 3. The summed E-state index contributed by atoms with van der Waals surface area (Å²) >= 11 is 3.49. The first-order valence-electron chi connectivity index (χ1n) is 7.03. The molecule has 1 spiro atoms. The molecule has 1 heterocycles. The molecule has 3 nitrogen and oxygen atoms in total. The molecule has 0 bridgehead atoms. The summed E-state index contributed by atoms with van der Waals surface area (Å²) in [5.74, 6) is 1.38. The Morgan fingerprint density at radius 2 is 2.16 bits per heavy atom. The number of anilines is 1. The molecule has 1 aromatic rings. The minimum absolute atomic E-state index is 0.132. The van der Waals surface area contributed by atoms with Gasteiger partial charge in [0.2, 0.25) is 0 Å². The van der Waals surface area contributed by atoms with E-state index in [0.717, 1.165) is 11.0 Å². The number of benzene rings is 1. The molecule has 4 heteroatoms. The van der Waals surface area contributed by atoms with Crippen molar-refractivity contribution in [1.29, 1.82) is 0 Å². The molecule has 1 aliphatic carbocycles. The summed E-state index contributed by atoms with van der Waals surface area (Å²) in [6.45, 7) is 3.14. The maximum absolute atomic E-state index is 6.18. The largest absolute Gasteiger partial charge is 0.369 e. The van der Waals surface area contributed by atoms with Gasteiger partial charge < -0.3 is 10.6 Å². The highest BCUT2D eigenvalue weighted by molar-refractivity contribution is 9.10. The van der Waals surface area contributed by atoms with Crippen molar-refractivity contribution in [1.82, 2.24) is 0 Å². The Hall–Kier alpha value is -1.03. The molecule has 0 radical (unpaired) electrons. The lowest BCUT2D eigenvalue weighted by Gasteiger charge is -2.40. The molecule has 2 aliphatic rings. The molecule has 0 aromatic heterocycles. The molecule has 0 saturated heterocycles. The van der Waals surface area contributed by atoms with Crippen molar-refractivity contribution in [3.63, 3.8) is 0 Å². The quantitative estimate of drug-likeness (QED) is 0.905. The maximum Gasteiger partial charge on any atom is 0.196 e. The van der Waals surface area contributed by atoms with Gasteiger partial charge in [0.1, 0.15) is 0 Å². The molecule has 0 amide bonds. The first-order valence-corrected chi connectivity index (χ1v) is 7.82. The molecule has 102 valence electrons. The van der Waals surface area contributed by atoms with Crippen LogP contribution < -0.4 is 10.6 Å². The summed E-state index contributed by atoms with van der Waals surface area (Å²) in [4.78, 5) is 6.85. The molecular weight excluding hydrogens is 302 g/mol. The summed E-state index contributed by atoms with van der Waals surface area (Å²) in [5, 5.41) is 0. The Bertz CT molecular complexity index is 497. The smallest absolute Gasteiger partial charge is 0.196 e. The van der Waals surface area contributed by atoms with Crippen LogP contribution in [-0.4, -0.2) is 18.0 Å². The van der Waals surface area contributed by atoms with Crippen molar-refractivity contribution in [2.24, 2.45) is 16.6 Å². The fourth-order valence-corrected chi connectivity index (χ4v) is 4.05. The van der Waals surface area contributed by atoms with Crippen molar-refractivity contribution in [3.8, 4) is 0 Å². The SMILES string of the molecule is CCC1CCCC12CN=C(N)N2c1ccc(Br)cc1. The first-order chi connectivity index (χ1) is 9.17. The topological polar surface area (TPSA) is 41.6 Å². The summed E-state index contributed by atoms with van der Waals surface area (Å²) in [7, 11) is 0. The minimum Gasteiger partial charge on any atom is -0.369 e. The van der Waals surface area contributed by atoms with Gasteiger partial charge in [0.25, 0.3) is 0 Å². The first kappa shape index (κ1) is 13.0. The number of rotatable bonds is 2. The number of guanidine groups is 1. The van der Waals surface area contributed by atoms with Crippen molar-refractivity contribution in [2.75, 3.05) is 11.4 Å². The van der Waals surface area contributed by atoms with Gasteiger partial charge in [-0.1, -0.05) is 35.7 Å². The lowest BCUT2D eigenvalue weighted by atomic mass is 9.84. The molecule has 1 saturated carbocycles. The predicted octanol–water partition coefficient (Wildman–Crippen LogP) is 3.53. The van der Waals surface area contributed by atoms with E-state index in [9.17, 15) is 0 Å². The Kier molecular flexibility index (Phi) is 3.29. The van der Waals surface area contributed by atoms with E-state index in [1.807, 2.05) is 0 Å². The zero-order valence-electron chi connectivity index (χ0n) is 11.3. The zero-order valence-corrected chi connectivity index (χ0v) is 12.9. The molecule has 1 aromatic carbocycles. The van der Waals surface area contributed by atoms with Crippen molar-refractivity contribution >= 4 is 27.6 Å². The monoisotopic (exact) mass is 321 g/mol. The van der Waals surface area contributed by atoms with Gasteiger partial charge in [-0.3, -0.25) is 4.99 Å². The van der Waals surface area contributed by atoms with Crippen LogP contribution in [0.4, 0.5) is 5.69 Å². The molecular formula is C15H20BrN3. The normalized spacial score (nSPS) is 30.1. The van der Waals surface area contributed by atoms with E-state index in [2.05, 4.69) is 57.0 Å². The van der Waals surface area contributed by atoms with E-state index in [0.29, 0.717) is 11.9 Å². The van der Waals surface area contributed by atoms with Crippen LogP contribution in [0.3, 0.4) is 0 Å². The third-order valence-corrected chi connectivity index (χ3v) is 5.22. The van der Waals surface area contributed by atoms with E-state index >= 15 is 0 Å². The number of halogens is 1. The minimum atomic E-state index is 0.132. The fourth-order valence-electron chi connectivity index (χ4n) is 3.78. The van der Waals surface area contributed by atoms with Crippen LogP contribution in [0.25, 0.3) is 0 Å². The van der Waals surface area contributed by atoms with Crippen LogP contribution in [0.2, 0.25) is 0 Å². The number of nitrogens with two attached hydrogens (primary N) is 1. The second-order valence-corrected chi connectivity index (χ2v) is 6.50. The second kappa shape index (κ2) is 4.82. The Labute approximate surface area is 123 Å². The Balaban J connectivity index is 2.01. The Morgan fingerprint density at radius 1 is 1.42 bits per heavy atom. The lowest BCUT2D eigenvalue weighted by molar-refractivity contribution is 0.331. The van der Waals surface area contributed by atoms with Crippen LogP contribution in [0.15, 0.2) is 33.7 Å². The molecule has 1 fully saturated rings. The molecule has 1 aliphatic heterocycles. The summed E-state index contributed by atoms with van der Waals surface area (Å²) in [6, 6.07) is 8.41. The summed E-state index contributed by atoms with van der Waals surface area (Å²) < 4.78 is 1.10. The standard InChI is InChI=1S/C15H20BrN3/c1-2-11-4-3-9-15(11)10-18-14(17)19(15)13-7-5-12(16)6-8-13/h5-8,11H,2-4,9-10H2,1H3,(H2,17,18).